The molecular weight excluding hydrogens is 375 g/mol. The van der Waals surface area contributed by atoms with Crippen molar-refractivity contribution in [3.63, 3.8) is 0 Å². The lowest BCUT2D eigenvalue weighted by atomic mass is 9.94. The quantitative estimate of drug-likeness (QED) is 0.748. The van der Waals surface area contributed by atoms with Crippen molar-refractivity contribution in [2.45, 2.75) is 25.4 Å². The third-order valence-corrected chi connectivity index (χ3v) is 5.40. The van der Waals surface area contributed by atoms with Crippen LogP contribution in [0.3, 0.4) is 0 Å². The number of nitrogens with one attached hydrogen (secondary N) is 1. The van der Waals surface area contributed by atoms with E-state index in [9.17, 15) is 14.0 Å². The van der Waals surface area contributed by atoms with Crippen LogP contribution in [-0.4, -0.2) is 70.1 Å². The average molecular weight is 402 g/mol. The number of nitrogens with zero attached hydrogens (tertiary/aromatic N) is 5. The fourth-order valence-corrected chi connectivity index (χ4v) is 3.42. The minimum Gasteiger partial charge on any atom is -0.354 e. The topological polar surface area (TPSA) is 83.4 Å². The van der Waals surface area contributed by atoms with Gasteiger partial charge in [-0.05, 0) is 45.6 Å². The van der Waals surface area contributed by atoms with Crippen LogP contribution >= 0.6 is 0 Å². The second-order valence-corrected chi connectivity index (χ2v) is 8.08. The highest BCUT2D eigenvalue weighted by Crippen LogP contribution is 2.24. The van der Waals surface area contributed by atoms with Gasteiger partial charge < -0.3 is 15.1 Å². The summed E-state index contributed by atoms with van der Waals surface area (Å²) in [7, 11) is 3.83. The number of rotatable bonds is 7. The lowest BCUT2D eigenvalue weighted by molar-refractivity contribution is -0.150. The van der Waals surface area contributed by atoms with Crippen molar-refractivity contribution >= 4 is 11.8 Å². The first kappa shape index (κ1) is 20.9. The summed E-state index contributed by atoms with van der Waals surface area (Å²) in [6.45, 7) is 4.73. The van der Waals surface area contributed by atoms with Crippen LogP contribution < -0.4 is 5.32 Å². The summed E-state index contributed by atoms with van der Waals surface area (Å²) in [6.07, 6.45) is 2.91. The van der Waals surface area contributed by atoms with Crippen molar-refractivity contribution in [1.29, 1.82) is 0 Å². The van der Waals surface area contributed by atoms with Crippen LogP contribution in [0.15, 0.2) is 36.9 Å². The Labute approximate surface area is 169 Å². The Morgan fingerprint density at radius 3 is 2.48 bits per heavy atom. The normalized spacial score (nSPS) is 15.9. The predicted molar refractivity (Wildman–Crippen MR) is 105 cm³/mol. The second-order valence-electron chi connectivity index (χ2n) is 8.08. The molecule has 0 aliphatic carbocycles. The molecule has 0 bridgehead atoms. The van der Waals surface area contributed by atoms with Gasteiger partial charge in [-0.1, -0.05) is 12.1 Å². The van der Waals surface area contributed by atoms with Crippen LogP contribution in [0, 0.1) is 11.7 Å². The molecule has 1 unspecified atom stereocenters. The van der Waals surface area contributed by atoms with Crippen LogP contribution in [0.1, 0.15) is 25.5 Å². The first-order chi connectivity index (χ1) is 13.7. The molecule has 1 aromatic heterocycles. The number of amides is 2. The minimum absolute atomic E-state index is 0.0661. The smallest absolute Gasteiger partial charge is 0.250 e. The standard InChI is InChI=1S/C20H27FN6O2/c1-20(2,27-13-22-12-24-27)19(29)26-10-15(11-26)18(28)23-9-17(25(3)4)14-5-7-16(21)8-6-14/h5-8,12-13,15,17H,9-11H2,1-4H3,(H,23,28). The highest BCUT2D eigenvalue weighted by atomic mass is 19.1. The molecule has 1 aromatic carbocycles. The molecule has 0 spiro atoms. The molecule has 1 aliphatic heterocycles. The Morgan fingerprint density at radius 1 is 1.28 bits per heavy atom. The molecule has 29 heavy (non-hydrogen) atoms. The summed E-state index contributed by atoms with van der Waals surface area (Å²) in [5, 5.41) is 7.02. The van der Waals surface area contributed by atoms with Gasteiger partial charge in [0.1, 0.15) is 24.0 Å². The predicted octanol–water partition coefficient (Wildman–Crippen LogP) is 1.03. The number of aromatic nitrogens is 3. The van der Waals surface area contributed by atoms with Gasteiger partial charge in [0.05, 0.1) is 12.0 Å². The van der Waals surface area contributed by atoms with E-state index in [1.165, 1.54) is 29.5 Å². The molecular formula is C20H27FN6O2. The molecule has 1 fully saturated rings. The second kappa shape index (κ2) is 8.28. The maximum Gasteiger partial charge on any atom is 0.250 e. The van der Waals surface area contributed by atoms with E-state index in [1.807, 2.05) is 19.0 Å². The molecule has 1 saturated heterocycles. The molecule has 0 saturated carbocycles. The van der Waals surface area contributed by atoms with Crippen molar-refractivity contribution in [3.8, 4) is 0 Å². The van der Waals surface area contributed by atoms with Gasteiger partial charge in [-0.25, -0.2) is 14.1 Å². The number of likely N-dealkylation sites (tertiary alicyclic amines) is 1. The van der Waals surface area contributed by atoms with Crippen molar-refractivity contribution in [2.75, 3.05) is 33.7 Å². The summed E-state index contributed by atoms with van der Waals surface area (Å²) in [5.41, 5.74) is 0.0768. The maximum absolute atomic E-state index is 13.2. The summed E-state index contributed by atoms with van der Waals surface area (Å²) < 4.78 is 14.7. The summed E-state index contributed by atoms with van der Waals surface area (Å²) in [6, 6.07) is 6.22. The molecule has 156 valence electrons. The van der Waals surface area contributed by atoms with E-state index in [1.54, 1.807) is 30.9 Å². The van der Waals surface area contributed by atoms with E-state index in [0.717, 1.165) is 5.56 Å². The van der Waals surface area contributed by atoms with Gasteiger partial charge >= 0.3 is 0 Å². The maximum atomic E-state index is 13.2. The number of hydrogen-bond acceptors (Lipinski definition) is 5. The van der Waals surface area contributed by atoms with E-state index < -0.39 is 5.54 Å². The van der Waals surface area contributed by atoms with E-state index in [-0.39, 0.29) is 29.6 Å². The molecule has 0 radical (unpaired) electrons. The third-order valence-electron chi connectivity index (χ3n) is 5.40. The van der Waals surface area contributed by atoms with E-state index in [0.29, 0.717) is 19.6 Å². The van der Waals surface area contributed by atoms with Gasteiger partial charge in [0, 0.05) is 19.6 Å². The number of carbonyl (C=O) groups is 2. The fraction of sp³-hybridized carbons (Fsp3) is 0.500. The van der Waals surface area contributed by atoms with Gasteiger partial charge in [0.15, 0.2) is 0 Å². The van der Waals surface area contributed by atoms with Gasteiger partial charge in [-0.2, -0.15) is 5.10 Å². The number of carbonyl (C=O) groups excluding carboxylic acids is 2. The van der Waals surface area contributed by atoms with Gasteiger partial charge in [-0.3, -0.25) is 9.59 Å². The van der Waals surface area contributed by atoms with Gasteiger partial charge in [-0.15, -0.1) is 0 Å². The Kier molecular flexibility index (Phi) is 5.97. The summed E-state index contributed by atoms with van der Waals surface area (Å²) in [5.74, 6) is -0.698. The Balaban J connectivity index is 1.52. The summed E-state index contributed by atoms with van der Waals surface area (Å²) >= 11 is 0. The highest BCUT2D eigenvalue weighted by molar-refractivity contribution is 5.88. The monoisotopic (exact) mass is 402 g/mol. The first-order valence-corrected chi connectivity index (χ1v) is 9.54. The lowest BCUT2D eigenvalue weighted by Gasteiger charge is -2.42. The number of hydrogen-bond donors (Lipinski definition) is 1. The molecule has 2 amide bonds. The minimum atomic E-state index is -0.851. The Morgan fingerprint density at radius 2 is 1.93 bits per heavy atom. The van der Waals surface area contributed by atoms with Crippen molar-refractivity contribution in [3.05, 3.63) is 48.3 Å². The van der Waals surface area contributed by atoms with Crippen LogP contribution in [-0.2, 0) is 15.1 Å². The molecule has 3 rings (SSSR count). The molecule has 2 aromatic rings. The van der Waals surface area contributed by atoms with Crippen LogP contribution in [0.25, 0.3) is 0 Å². The highest BCUT2D eigenvalue weighted by Gasteiger charge is 2.42. The first-order valence-electron chi connectivity index (χ1n) is 9.54. The zero-order valence-electron chi connectivity index (χ0n) is 17.2. The van der Waals surface area contributed by atoms with Crippen molar-refractivity contribution in [1.82, 2.24) is 29.9 Å². The SMILES string of the molecule is CN(C)C(CNC(=O)C1CN(C(=O)C(C)(C)n2cncn2)C1)c1ccc(F)cc1. The van der Waals surface area contributed by atoms with Crippen LogP contribution in [0.5, 0.6) is 0 Å². The Bertz CT molecular complexity index is 844. The molecule has 1 N–H and O–H groups in total. The number of benzene rings is 1. The zero-order chi connectivity index (χ0) is 21.2. The van der Waals surface area contributed by atoms with Crippen molar-refractivity contribution in [2.24, 2.45) is 5.92 Å². The van der Waals surface area contributed by atoms with E-state index in [4.69, 9.17) is 0 Å². The van der Waals surface area contributed by atoms with Crippen LogP contribution in [0.4, 0.5) is 4.39 Å². The average Bonchev–Trinajstić information content (AvgIpc) is 3.17. The zero-order valence-corrected chi connectivity index (χ0v) is 17.2. The third kappa shape index (κ3) is 4.45. The van der Waals surface area contributed by atoms with Crippen molar-refractivity contribution < 1.29 is 14.0 Å². The summed E-state index contributed by atoms with van der Waals surface area (Å²) in [4.78, 5) is 32.8. The van der Waals surface area contributed by atoms with E-state index >= 15 is 0 Å². The van der Waals surface area contributed by atoms with Gasteiger partial charge in [0.25, 0.3) is 0 Å². The number of halogens is 1. The molecule has 8 nitrogen and oxygen atoms in total. The fourth-order valence-electron chi connectivity index (χ4n) is 3.42. The molecule has 1 atom stereocenters. The molecule has 2 heterocycles. The number of likely N-dealkylation sites (N-methyl/N-ethyl adjacent to an activating group) is 1. The Hall–Kier alpha value is -2.81. The molecule has 9 heteroatoms. The van der Waals surface area contributed by atoms with E-state index in [2.05, 4.69) is 15.4 Å². The van der Waals surface area contributed by atoms with Crippen LogP contribution in [0.2, 0.25) is 0 Å². The molecule has 1 aliphatic rings. The largest absolute Gasteiger partial charge is 0.354 e. The lowest BCUT2D eigenvalue weighted by Crippen LogP contribution is -2.60. The van der Waals surface area contributed by atoms with Gasteiger partial charge in [0.2, 0.25) is 11.8 Å².